The normalized spacial score (nSPS) is 13.5. The quantitative estimate of drug-likeness (QED) is 0.643. The van der Waals surface area contributed by atoms with Crippen LogP contribution in [0.15, 0.2) is 30.6 Å². The largest absolute Gasteiger partial charge is 0.476 e. The summed E-state index contributed by atoms with van der Waals surface area (Å²) in [5, 5.41) is 3.53. The Bertz CT molecular complexity index is 765. The molecule has 5 nitrogen and oxygen atoms in total. The van der Waals surface area contributed by atoms with Crippen LogP contribution in [0.1, 0.15) is 79.1 Å². The van der Waals surface area contributed by atoms with Crippen molar-refractivity contribution in [2.75, 3.05) is 11.9 Å². The van der Waals surface area contributed by atoms with Crippen molar-refractivity contribution in [2.24, 2.45) is 5.41 Å². The predicted molar refractivity (Wildman–Crippen MR) is 116 cm³/mol. The summed E-state index contributed by atoms with van der Waals surface area (Å²) in [6.07, 6.45) is 4.43. The molecule has 28 heavy (non-hydrogen) atoms. The van der Waals surface area contributed by atoms with Crippen LogP contribution in [-0.2, 0) is 5.41 Å². The highest BCUT2D eigenvalue weighted by Crippen LogP contribution is 2.29. The number of aromatic nitrogens is 3. The number of rotatable bonds is 8. The number of pyridine rings is 1. The molecule has 0 spiro atoms. The lowest BCUT2D eigenvalue weighted by atomic mass is 9.83. The Morgan fingerprint density at radius 2 is 1.71 bits per heavy atom. The van der Waals surface area contributed by atoms with E-state index in [0.717, 1.165) is 23.6 Å². The van der Waals surface area contributed by atoms with Gasteiger partial charge in [-0.05, 0) is 36.8 Å². The molecular weight excluding hydrogens is 348 g/mol. The highest BCUT2D eigenvalue weighted by atomic mass is 16.5. The van der Waals surface area contributed by atoms with Crippen molar-refractivity contribution in [1.82, 2.24) is 15.0 Å². The standard InChI is InChI=1S/C23H36N4O/c1-16(2)18-10-9-11-20(26-18)25-17(3)12-23(7,8)19-13-24-14-21(27-19)28-15-22(4,5)6/h9-11,13-14,16-17H,12,15H2,1-8H3,(H,25,26). The number of hydrogen-bond donors (Lipinski definition) is 1. The van der Waals surface area contributed by atoms with Gasteiger partial charge >= 0.3 is 0 Å². The summed E-state index contributed by atoms with van der Waals surface area (Å²) in [6.45, 7) is 17.9. The molecule has 154 valence electrons. The summed E-state index contributed by atoms with van der Waals surface area (Å²) in [5.74, 6) is 1.93. The van der Waals surface area contributed by atoms with E-state index in [-0.39, 0.29) is 16.9 Å². The molecule has 0 bridgehead atoms. The van der Waals surface area contributed by atoms with Crippen molar-refractivity contribution in [2.45, 2.75) is 79.2 Å². The number of hydrogen-bond acceptors (Lipinski definition) is 5. The molecule has 0 amide bonds. The minimum atomic E-state index is -0.143. The van der Waals surface area contributed by atoms with Gasteiger partial charge in [0.1, 0.15) is 5.82 Å². The molecule has 0 fully saturated rings. The second-order valence-electron chi connectivity index (χ2n) is 9.83. The van der Waals surface area contributed by atoms with Gasteiger partial charge in [-0.3, -0.25) is 4.98 Å². The third-order valence-electron chi connectivity index (χ3n) is 4.53. The average Bonchev–Trinajstić information content (AvgIpc) is 2.59. The first kappa shape index (κ1) is 22.1. The molecule has 0 aromatic carbocycles. The van der Waals surface area contributed by atoms with Crippen LogP contribution in [0.3, 0.4) is 0 Å². The number of nitrogens with zero attached hydrogens (tertiary/aromatic N) is 3. The molecule has 0 saturated heterocycles. The van der Waals surface area contributed by atoms with E-state index in [4.69, 9.17) is 14.7 Å². The molecule has 5 heteroatoms. The lowest BCUT2D eigenvalue weighted by molar-refractivity contribution is 0.189. The molecule has 0 aliphatic heterocycles. The fraction of sp³-hybridized carbons (Fsp3) is 0.609. The number of anilines is 1. The lowest BCUT2D eigenvalue weighted by Crippen LogP contribution is -2.29. The van der Waals surface area contributed by atoms with E-state index in [0.29, 0.717) is 18.4 Å². The third-order valence-corrected chi connectivity index (χ3v) is 4.53. The summed E-state index contributed by atoms with van der Waals surface area (Å²) >= 11 is 0. The summed E-state index contributed by atoms with van der Waals surface area (Å²) in [6, 6.07) is 6.40. The molecule has 1 unspecified atom stereocenters. The summed E-state index contributed by atoms with van der Waals surface area (Å²) in [7, 11) is 0. The molecule has 0 aliphatic rings. The van der Waals surface area contributed by atoms with E-state index in [1.54, 1.807) is 6.20 Å². The van der Waals surface area contributed by atoms with Gasteiger partial charge in [-0.1, -0.05) is 54.5 Å². The van der Waals surface area contributed by atoms with Crippen LogP contribution in [-0.4, -0.2) is 27.6 Å². The van der Waals surface area contributed by atoms with Crippen LogP contribution < -0.4 is 10.1 Å². The molecule has 0 saturated carbocycles. The SMILES string of the molecule is CC(CC(C)(C)c1cncc(OCC(C)(C)C)n1)Nc1cccc(C(C)C)n1. The number of nitrogens with one attached hydrogen (secondary N) is 1. The van der Waals surface area contributed by atoms with Gasteiger partial charge in [0.15, 0.2) is 0 Å². The van der Waals surface area contributed by atoms with E-state index in [9.17, 15) is 0 Å². The minimum Gasteiger partial charge on any atom is -0.476 e. The van der Waals surface area contributed by atoms with Crippen LogP contribution in [0.5, 0.6) is 5.88 Å². The van der Waals surface area contributed by atoms with E-state index in [1.165, 1.54) is 0 Å². The van der Waals surface area contributed by atoms with Crippen molar-refractivity contribution in [1.29, 1.82) is 0 Å². The van der Waals surface area contributed by atoms with Crippen molar-refractivity contribution >= 4 is 5.82 Å². The molecule has 1 N–H and O–H groups in total. The van der Waals surface area contributed by atoms with Gasteiger partial charge in [0.05, 0.1) is 18.5 Å². The van der Waals surface area contributed by atoms with E-state index < -0.39 is 0 Å². The predicted octanol–water partition coefficient (Wildman–Crippen LogP) is 5.59. The first-order valence-electron chi connectivity index (χ1n) is 10.1. The van der Waals surface area contributed by atoms with Crippen molar-refractivity contribution in [3.8, 4) is 5.88 Å². The van der Waals surface area contributed by atoms with Gasteiger partial charge < -0.3 is 10.1 Å². The fourth-order valence-electron chi connectivity index (χ4n) is 3.06. The second kappa shape index (κ2) is 8.89. The Morgan fingerprint density at radius 3 is 2.36 bits per heavy atom. The third kappa shape index (κ3) is 6.77. The Kier molecular flexibility index (Phi) is 7.02. The Morgan fingerprint density at radius 1 is 1.00 bits per heavy atom. The van der Waals surface area contributed by atoms with Gasteiger partial charge in [0.25, 0.3) is 0 Å². The van der Waals surface area contributed by atoms with Gasteiger partial charge in [-0.2, -0.15) is 0 Å². The van der Waals surface area contributed by atoms with Gasteiger partial charge in [0, 0.05) is 23.3 Å². The highest BCUT2D eigenvalue weighted by molar-refractivity contribution is 5.37. The van der Waals surface area contributed by atoms with Crippen molar-refractivity contribution in [3.05, 3.63) is 42.0 Å². The maximum atomic E-state index is 5.84. The fourth-order valence-corrected chi connectivity index (χ4v) is 3.06. The maximum absolute atomic E-state index is 5.84. The monoisotopic (exact) mass is 384 g/mol. The summed E-state index contributed by atoms with van der Waals surface area (Å²) in [4.78, 5) is 13.8. The molecule has 2 rings (SSSR count). The topological polar surface area (TPSA) is 59.9 Å². The second-order valence-corrected chi connectivity index (χ2v) is 9.83. The minimum absolute atomic E-state index is 0.0865. The van der Waals surface area contributed by atoms with Gasteiger partial charge in [0.2, 0.25) is 5.88 Å². The first-order chi connectivity index (χ1) is 13.0. The molecule has 2 heterocycles. The highest BCUT2D eigenvalue weighted by Gasteiger charge is 2.26. The Hall–Kier alpha value is -2.17. The Balaban J connectivity index is 2.05. The molecular formula is C23H36N4O. The summed E-state index contributed by atoms with van der Waals surface area (Å²) < 4.78 is 5.84. The molecule has 2 aromatic rings. The van der Waals surface area contributed by atoms with Crippen LogP contribution >= 0.6 is 0 Å². The average molecular weight is 385 g/mol. The van der Waals surface area contributed by atoms with Crippen molar-refractivity contribution in [3.63, 3.8) is 0 Å². The Labute approximate surface area is 170 Å². The van der Waals surface area contributed by atoms with Crippen LogP contribution in [0.4, 0.5) is 5.82 Å². The van der Waals surface area contributed by atoms with E-state index in [1.807, 2.05) is 12.3 Å². The molecule has 0 radical (unpaired) electrons. The van der Waals surface area contributed by atoms with Crippen molar-refractivity contribution < 1.29 is 4.74 Å². The maximum Gasteiger partial charge on any atom is 0.232 e. The summed E-state index contributed by atoms with van der Waals surface area (Å²) in [5.41, 5.74) is 1.99. The van der Waals surface area contributed by atoms with E-state index in [2.05, 4.69) is 77.8 Å². The zero-order valence-corrected chi connectivity index (χ0v) is 18.7. The zero-order chi connectivity index (χ0) is 20.9. The van der Waals surface area contributed by atoms with Crippen LogP contribution in [0.25, 0.3) is 0 Å². The van der Waals surface area contributed by atoms with Gasteiger partial charge in [-0.15, -0.1) is 0 Å². The molecule has 2 aromatic heterocycles. The van der Waals surface area contributed by atoms with Crippen LogP contribution in [0, 0.1) is 5.41 Å². The smallest absolute Gasteiger partial charge is 0.232 e. The molecule has 1 atom stereocenters. The zero-order valence-electron chi connectivity index (χ0n) is 18.7. The molecule has 0 aliphatic carbocycles. The first-order valence-corrected chi connectivity index (χ1v) is 10.1. The van der Waals surface area contributed by atoms with Gasteiger partial charge in [-0.25, -0.2) is 9.97 Å². The van der Waals surface area contributed by atoms with E-state index >= 15 is 0 Å². The number of ether oxygens (including phenoxy) is 1. The lowest BCUT2D eigenvalue weighted by Gasteiger charge is -2.28. The van der Waals surface area contributed by atoms with Crippen LogP contribution in [0.2, 0.25) is 0 Å².